The summed E-state index contributed by atoms with van der Waals surface area (Å²) in [5.74, 6) is -1.05. The van der Waals surface area contributed by atoms with Gasteiger partial charge in [-0.15, -0.1) is 0 Å². The van der Waals surface area contributed by atoms with E-state index >= 15 is 0 Å². The van der Waals surface area contributed by atoms with Gasteiger partial charge in [-0.3, -0.25) is 0 Å². The van der Waals surface area contributed by atoms with Crippen molar-refractivity contribution in [3.8, 4) is 0 Å². The van der Waals surface area contributed by atoms with Gasteiger partial charge in [0, 0.05) is 17.3 Å². The first-order valence-corrected chi connectivity index (χ1v) is 13.5. The highest BCUT2D eigenvalue weighted by Gasteiger charge is 2.46. The molecule has 0 aliphatic carbocycles. The van der Waals surface area contributed by atoms with E-state index in [9.17, 15) is 9.90 Å². The Balaban J connectivity index is 1.79. The smallest absolute Gasteiger partial charge is 0.336 e. The second-order valence-corrected chi connectivity index (χ2v) is 11.0. The third-order valence-electron chi connectivity index (χ3n) is 8.16. The van der Waals surface area contributed by atoms with Crippen LogP contribution in [-0.4, -0.2) is 41.8 Å². The lowest BCUT2D eigenvalue weighted by Gasteiger charge is -2.49. The van der Waals surface area contributed by atoms with Gasteiger partial charge in [0.05, 0.1) is 12.2 Å². The van der Waals surface area contributed by atoms with Crippen LogP contribution in [0, 0.1) is 11.3 Å². The van der Waals surface area contributed by atoms with Crippen molar-refractivity contribution in [1.29, 1.82) is 0 Å². The molecule has 0 aromatic heterocycles. The van der Waals surface area contributed by atoms with Crippen molar-refractivity contribution in [2.45, 2.75) is 98.4 Å². The minimum atomic E-state index is -1.33. The van der Waals surface area contributed by atoms with E-state index in [0.29, 0.717) is 0 Å². The van der Waals surface area contributed by atoms with Gasteiger partial charge >= 0.3 is 5.97 Å². The maximum Gasteiger partial charge on any atom is 0.336 e. The van der Waals surface area contributed by atoms with Crippen LogP contribution in [-0.2, 0) is 19.0 Å². The predicted octanol–water partition coefficient (Wildman–Crippen LogP) is 6.65. The first-order valence-electron chi connectivity index (χ1n) is 13.5. The number of carbonyl (C=O) groups is 1. The Kier molecular flexibility index (Phi) is 9.74. The second kappa shape index (κ2) is 12.4. The van der Waals surface area contributed by atoms with Gasteiger partial charge in [0.1, 0.15) is 6.10 Å². The van der Waals surface area contributed by atoms with Gasteiger partial charge in [-0.25, -0.2) is 4.79 Å². The van der Waals surface area contributed by atoms with Crippen molar-refractivity contribution in [3.05, 3.63) is 82.9 Å². The Morgan fingerprint density at radius 3 is 1.95 bits per heavy atom. The topological polar surface area (TPSA) is 65.0 Å². The molecule has 2 unspecified atom stereocenters. The van der Waals surface area contributed by atoms with E-state index < -0.39 is 24.1 Å². The number of aliphatic hydroxyl groups is 1. The maximum absolute atomic E-state index is 13.2. The summed E-state index contributed by atoms with van der Waals surface area (Å²) in [5.41, 5.74) is 3.65. The molecular weight excluding hydrogens is 464 g/mol. The average Bonchev–Trinajstić information content (AvgIpc) is 2.89. The van der Waals surface area contributed by atoms with Crippen molar-refractivity contribution < 1.29 is 24.1 Å². The van der Waals surface area contributed by atoms with Crippen LogP contribution in [0.4, 0.5) is 0 Å². The van der Waals surface area contributed by atoms with Gasteiger partial charge in [0.15, 0.2) is 12.4 Å². The van der Waals surface area contributed by atoms with Gasteiger partial charge in [-0.2, -0.15) is 0 Å². The Labute approximate surface area is 222 Å². The van der Waals surface area contributed by atoms with Gasteiger partial charge in [-0.1, -0.05) is 93.9 Å². The van der Waals surface area contributed by atoms with Gasteiger partial charge < -0.3 is 19.3 Å². The van der Waals surface area contributed by atoms with Crippen LogP contribution < -0.4 is 0 Å². The Morgan fingerprint density at radius 2 is 1.46 bits per heavy atom. The second-order valence-electron chi connectivity index (χ2n) is 11.0. The van der Waals surface area contributed by atoms with Crippen molar-refractivity contribution in [2.75, 3.05) is 0 Å². The first kappa shape index (κ1) is 29.1. The van der Waals surface area contributed by atoms with Crippen molar-refractivity contribution >= 4 is 5.97 Å². The Morgan fingerprint density at radius 1 is 0.946 bits per heavy atom. The molecular formula is C32H44O5. The molecule has 1 heterocycles. The number of carbonyl (C=O) groups excluding carboxylic acids is 1. The predicted molar refractivity (Wildman–Crippen MR) is 147 cm³/mol. The molecule has 0 bridgehead atoms. The maximum atomic E-state index is 13.2. The number of benzene rings is 2. The monoisotopic (exact) mass is 508 g/mol. The largest absolute Gasteiger partial charge is 0.456 e. The number of aliphatic hydroxyl groups excluding tert-OH is 1. The molecule has 2 aromatic rings. The molecule has 1 aliphatic heterocycles. The first-order chi connectivity index (χ1) is 17.5. The quantitative estimate of drug-likeness (QED) is 0.303. The average molecular weight is 509 g/mol. The molecule has 0 radical (unpaired) electrons. The molecule has 0 saturated carbocycles. The number of hydrogen-bond acceptors (Lipinski definition) is 5. The molecule has 1 aliphatic rings. The molecule has 3 rings (SSSR count). The van der Waals surface area contributed by atoms with Crippen molar-refractivity contribution in [2.24, 2.45) is 11.3 Å². The van der Waals surface area contributed by atoms with Crippen LogP contribution in [0.2, 0.25) is 0 Å². The van der Waals surface area contributed by atoms with E-state index in [1.165, 1.54) is 0 Å². The minimum Gasteiger partial charge on any atom is -0.456 e. The standard InChI is InChI=1S/C32H44O5/c1-9-27-32(7,8)30(37-24(6)36-27)22(4)20(2)21(3)23(5)35-31(34)29(33)28(25-16-12-10-13-17-25)26-18-14-11-15-19-26/h10-19,22-24,27-30,33H,9H2,1-8H3/b21-20+/t22-,23?,24?,27-,29+,30-/m0/s1. The number of rotatable bonds is 9. The molecule has 6 atom stereocenters. The van der Waals surface area contributed by atoms with Crippen LogP contribution in [0.15, 0.2) is 71.8 Å². The molecule has 2 aromatic carbocycles. The molecule has 0 amide bonds. The highest BCUT2D eigenvalue weighted by atomic mass is 16.7. The number of hydrogen-bond donors (Lipinski definition) is 1. The Bertz CT molecular complexity index is 1010. The lowest BCUT2D eigenvalue weighted by molar-refractivity contribution is -0.294. The van der Waals surface area contributed by atoms with E-state index in [2.05, 4.69) is 34.6 Å². The van der Waals surface area contributed by atoms with Crippen molar-refractivity contribution in [3.63, 3.8) is 0 Å². The summed E-state index contributed by atoms with van der Waals surface area (Å²) in [6, 6.07) is 19.2. The zero-order chi connectivity index (χ0) is 27.3. The van der Waals surface area contributed by atoms with E-state index in [0.717, 1.165) is 28.7 Å². The summed E-state index contributed by atoms with van der Waals surface area (Å²) < 4.78 is 18.2. The number of esters is 1. The normalized spacial score (nSPS) is 24.6. The zero-order valence-electron chi connectivity index (χ0n) is 23.6. The number of ether oxygens (including phenoxy) is 3. The molecule has 202 valence electrons. The van der Waals surface area contributed by atoms with E-state index in [1.54, 1.807) is 0 Å². The summed E-state index contributed by atoms with van der Waals surface area (Å²) in [6.45, 7) is 16.6. The van der Waals surface area contributed by atoms with E-state index in [-0.39, 0.29) is 29.8 Å². The third-order valence-corrected chi connectivity index (χ3v) is 8.16. The van der Waals surface area contributed by atoms with Gasteiger partial charge in [0.2, 0.25) is 0 Å². The fraction of sp³-hybridized carbons (Fsp3) is 0.531. The lowest BCUT2D eigenvalue weighted by Crippen LogP contribution is -2.53. The zero-order valence-corrected chi connectivity index (χ0v) is 23.6. The van der Waals surface area contributed by atoms with E-state index in [1.807, 2.05) is 81.4 Å². The van der Waals surface area contributed by atoms with E-state index in [4.69, 9.17) is 14.2 Å². The molecule has 37 heavy (non-hydrogen) atoms. The van der Waals surface area contributed by atoms with Crippen LogP contribution in [0.5, 0.6) is 0 Å². The molecule has 0 spiro atoms. The molecule has 1 N–H and O–H groups in total. The van der Waals surface area contributed by atoms with Crippen LogP contribution in [0.1, 0.15) is 78.9 Å². The highest BCUT2D eigenvalue weighted by Crippen LogP contribution is 2.43. The fourth-order valence-corrected chi connectivity index (χ4v) is 5.64. The lowest BCUT2D eigenvalue weighted by atomic mass is 9.71. The summed E-state index contributed by atoms with van der Waals surface area (Å²) in [5, 5.41) is 11.2. The third kappa shape index (κ3) is 6.51. The summed E-state index contributed by atoms with van der Waals surface area (Å²) in [7, 11) is 0. The van der Waals surface area contributed by atoms with Gasteiger partial charge in [0.25, 0.3) is 0 Å². The summed E-state index contributed by atoms with van der Waals surface area (Å²) in [6.07, 6.45) is -1.10. The fourth-order valence-electron chi connectivity index (χ4n) is 5.64. The Hall–Kier alpha value is -2.47. The molecule has 1 saturated heterocycles. The van der Waals surface area contributed by atoms with Crippen LogP contribution in [0.25, 0.3) is 0 Å². The SMILES string of the molecule is CC[C@@H]1OC(C)O[C@@H]([C@@H](C)/C(C)=C(\C)C(C)OC(=O)[C@H](O)C(c2ccccc2)c2ccccc2)C1(C)C. The minimum absolute atomic E-state index is 0.0369. The summed E-state index contributed by atoms with van der Waals surface area (Å²) in [4.78, 5) is 13.2. The van der Waals surface area contributed by atoms with Crippen molar-refractivity contribution in [1.82, 2.24) is 0 Å². The molecule has 5 nitrogen and oxygen atoms in total. The molecule has 5 heteroatoms. The van der Waals surface area contributed by atoms with Gasteiger partial charge in [-0.05, 0) is 50.8 Å². The highest BCUT2D eigenvalue weighted by molar-refractivity contribution is 5.77. The molecule has 1 fully saturated rings. The van der Waals surface area contributed by atoms with Crippen LogP contribution in [0.3, 0.4) is 0 Å². The summed E-state index contributed by atoms with van der Waals surface area (Å²) >= 11 is 0. The van der Waals surface area contributed by atoms with Crippen LogP contribution >= 0.6 is 0 Å².